The molecule has 4 aromatic rings. The van der Waals surface area contributed by atoms with Gasteiger partial charge in [0.2, 0.25) is 0 Å². The van der Waals surface area contributed by atoms with Gasteiger partial charge in [0.25, 0.3) is 5.91 Å². The molecule has 1 aliphatic heterocycles. The molecule has 7 nitrogen and oxygen atoms in total. The van der Waals surface area contributed by atoms with E-state index in [0.29, 0.717) is 24.5 Å². The maximum absolute atomic E-state index is 13.3. The lowest BCUT2D eigenvalue weighted by Gasteiger charge is -2.35. The van der Waals surface area contributed by atoms with Crippen LogP contribution in [0.5, 0.6) is 0 Å². The molecule has 0 saturated heterocycles. The quantitative estimate of drug-likeness (QED) is 0.477. The van der Waals surface area contributed by atoms with Gasteiger partial charge in [0.1, 0.15) is 23.0 Å². The van der Waals surface area contributed by atoms with Crippen molar-refractivity contribution < 1.29 is 9.18 Å². The lowest BCUT2D eigenvalue weighted by molar-refractivity contribution is 0.0645. The van der Waals surface area contributed by atoms with Crippen LogP contribution in [-0.2, 0) is 6.54 Å². The Bertz CT molecular complexity index is 1210. The molecule has 0 bridgehead atoms. The molecule has 0 aliphatic carbocycles. The molecule has 0 spiro atoms. The number of imidazole rings is 1. The van der Waals surface area contributed by atoms with Gasteiger partial charge in [-0.2, -0.15) is 4.37 Å². The van der Waals surface area contributed by atoms with E-state index in [1.165, 1.54) is 47.1 Å². The Morgan fingerprint density at radius 1 is 1.20 bits per heavy atom. The Labute approximate surface area is 180 Å². The van der Waals surface area contributed by atoms with Gasteiger partial charge in [-0.3, -0.25) is 4.79 Å². The van der Waals surface area contributed by atoms with Crippen LogP contribution >= 0.6 is 22.9 Å². The van der Waals surface area contributed by atoms with E-state index in [0.717, 1.165) is 27.9 Å². The van der Waals surface area contributed by atoms with Crippen molar-refractivity contribution in [3.05, 3.63) is 58.1 Å². The van der Waals surface area contributed by atoms with E-state index in [1.54, 1.807) is 10.4 Å². The zero-order chi connectivity index (χ0) is 20.8. The minimum atomic E-state index is -0.362. The van der Waals surface area contributed by atoms with E-state index in [-0.39, 0.29) is 17.8 Å². The van der Waals surface area contributed by atoms with Gasteiger partial charge in [-0.25, -0.2) is 19.3 Å². The average Bonchev–Trinajstić information content (AvgIpc) is 3.47. The third-order valence-corrected chi connectivity index (χ3v) is 6.57. The number of benzene rings is 1. The van der Waals surface area contributed by atoms with E-state index in [9.17, 15) is 9.18 Å². The first-order chi connectivity index (χ1) is 14.5. The van der Waals surface area contributed by atoms with Crippen molar-refractivity contribution in [3.8, 4) is 22.2 Å². The Hall–Kier alpha value is -2.98. The average molecular weight is 441 g/mol. The Balaban J connectivity index is 1.60. The zero-order valence-electron chi connectivity index (χ0n) is 16.2. The second-order valence-corrected chi connectivity index (χ2v) is 8.49. The van der Waals surface area contributed by atoms with E-state index in [4.69, 9.17) is 4.98 Å². The molecule has 30 heavy (non-hydrogen) atoms. The molecule has 3 aromatic heterocycles. The second-order valence-electron chi connectivity index (χ2n) is 7.02. The Morgan fingerprint density at radius 3 is 2.67 bits per heavy atom. The lowest BCUT2D eigenvalue weighted by Crippen LogP contribution is -2.41. The minimum absolute atomic E-state index is 0.132. The van der Waals surface area contributed by atoms with Gasteiger partial charge in [0.05, 0.1) is 17.2 Å². The summed E-state index contributed by atoms with van der Waals surface area (Å²) in [5, 5.41) is 2.70. The highest BCUT2D eigenvalue weighted by molar-refractivity contribution is 7.09. The van der Waals surface area contributed by atoms with Gasteiger partial charge in [-0.1, -0.05) is 0 Å². The summed E-state index contributed by atoms with van der Waals surface area (Å²) in [6, 6.07) is 5.43. The monoisotopic (exact) mass is 440 g/mol. The van der Waals surface area contributed by atoms with Gasteiger partial charge >= 0.3 is 0 Å². The van der Waals surface area contributed by atoms with E-state index < -0.39 is 0 Å². The van der Waals surface area contributed by atoms with Crippen molar-refractivity contribution in [1.29, 1.82) is 0 Å². The zero-order valence-corrected chi connectivity index (χ0v) is 17.9. The van der Waals surface area contributed by atoms with Crippen LogP contribution < -0.4 is 0 Å². The first kappa shape index (κ1) is 19.0. The summed E-state index contributed by atoms with van der Waals surface area (Å²) in [6.45, 7) is 4.94. The van der Waals surface area contributed by atoms with Crippen molar-refractivity contribution in [3.63, 3.8) is 0 Å². The van der Waals surface area contributed by atoms with Crippen LogP contribution in [0.25, 0.3) is 22.2 Å². The number of nitrogens with zero attached hydrogens (tertiary/aromatic N) is 6. The van der Waals surface area contributed by atoms with Crippen molar-refractivity contribution in [1.82, 2.24) is 28.8 Å². The number of carbonyl (C=O) groups excluding carboxylic acids is 1. The second kappa shape index (κ2) is 7.37. The lowest BCUT2D eigenvalue weighted by atomic mass is 10.1. The summed E-state index contributed by atoms with van der Waals surface area (Å²) < 4.78 is 19.7. The number of aryl methyl sites for hydroxylation is 1. The van der Waals surface area contributed by atoms with E-state index in [2.05, 4.69) is 18.9 Å². The number of aromatic nitrogens is 5. The molecule has 5 rings (SSSR count). The van der Waals surface area contributed by atoms with Crippen molar-refractivity contribution >= 4 is 28.8 Å². The Kier molecular flexibility index (Phi) is 4.67. The number of carbonyl (C=O) groups is 1. The molecule has 152 valence electrons. The SMILES string of the molecule is Cc1nsc(-c2nc(-c3cscn3)c3n2CCN(C(=O)c2ccc(F)cc2)[C@@H]3C)n1. The molecule has 4 heterocycles. The minimum Gasteiger partial charge on any atom is -0.329 e. The fraction of sp³-hybridized carbons (Fsp3) is 0.250. The molecular formula is C20H17FN6OS2. The summed E-state index contributed by atoms with van der Waals surface area (Å²) in [4.78, 5) is 28.8. The number of halogens is 1. The standard InChI is InChI=1S/C20H17FN6OS2/c1-11-17-16(15-9-29-10-22-15)24-18(19-23-12(2)25-30-19)27(17)8-7-26(11)20(28)13-3-5-14(21)6-4-13/h3-6,9-11H,7-8H2,1-2H3/t11-/m1/s1. The van der Waals surface area contributed by atoms with Crippen molar-refractivity contribution in [2.75, 3.05) is 6.54 Å². The molecule has 0 saturated carbocycles. The van der Waals surface area contributed by atoms with Crippen LogP contribution in [0.1, 0.15) is 34.8 Å². The van der Waals surface area contributed by atoms with E-state index >= 15 is 0 Å². The van der Waals surface area contributed by atoms with Gasteiger partial charge in [0, 0.05) is 24.0 Å². The predicted molar refractivity (Wildman–Crippen MR) is 113 cm³/mol. The molecule has 10 heteroatoms. The van der Waals surface area contributed by atoms with Gasteiger partial charge in [0.15, 0.2) is 10.8 Å². The third kappa shape index (κ3) is 3.12. The highest BCUT2D eigenvalue weighted by atomic mass is 32.1. The highest BCUT2D eigenvalue weighted by Gasteiger charge is 2.35. The van der Waals surface area contributed by atoms with Crippen LogP contribution in [0.4, 0.5) is 4.39 Å². The predicted octanol–water partition coefficient (Wildman–Crippen LogP) is 4.19. The van der Waals surface area contributed by atoms with Crippen LogP contribution in [0.15, 0.2) is 35.2 Å². The van der Waals surface area contributed by atoms with Gasteiger partial charge in [-0.15, -0.1) is 11.3 Å². The number of amides is 1. The Morgan fingerprint density at radius 2 is 2.00 bits per heavy atom. The first-order valence-electron chi connectivity index (χ1n) is 9.39. The van der Waals surface area contributed by atoms with Gasteiger partial charge < -0.3 is 9.47 Å². The molecule has 0 fully saturated rings. The number of thiazole rings is 1. The fourth-order valence-corrected chi connectivity index (χ4v) is 4.98. The third-order valence-electron chi connectivity index (χ3n) is 5.18. The number of fused-ring (bicyclic) bond motifs is 1. The number of rotatable bonds is 3. The molecule has 1 amide bonds. The molecule has 1 aromatic carbocycles. The summed E-state index contributed by atoms with van der Waals surface area (Å²) >= 11 is 2.81. The largest absolute Gasteiger partial charge is 0.329 e. The number of hydrogen-bond donors (Lipinski definition) is 0. The summed E-state index contributed by atoms with van der Waals surface area (Å²) in [7, 11) is 0. The summed E-state index contributed by atoms with van der Waals surface area (Å²) in [6.07, 6.45) is 0. The number of hydrogen-bond acceptors (Lipinski definition) is 7. The van der Waals surface area contributed by atoms with Crippen LogP contribution in [0, 0.1) is 12.7 Å². The maximum Gasteiger partial charge on any atom is 0.254 e. The molecule has 0 radical (unpaired) electrons. The van der Waals surface area contributed by atoms with Crippen LogP contribution in [0.3, 0.4) is 0 Å². The molecule has 0 N–H and O–H groups in total. The normalized spacial score (nSPS) is 16.0. The van der Waals surface area contributed by atoms with Crippen molar-refractivity contribution in [2.45, 2.75) is 26.4 Å². The van der Waals surface area contributed by atoms with E-state index in [1.807, 2.05) is 19.2 Å². The highest BCUT2D eigenvalue weighted by Crippen LogP contribution is 2.38. The summed E-state index contributed by atoms with van der Waals surface area (Å²) in [5.74, 6) is 0.963. The topological polar surface area (TPSA) is 76.8 Å². The first-order valence-corrected chi connectivity index (χ1v) is 11.1. The maximum atomic E-state index is 13.3. The van der Waals surface area contributed by atoms with Gasteiger partial charge in [-0.05, 0) is 49.6 Å². The summed E-state index contributed by atoms with van der Waals surface area (Å²) in [5.41, 5.74) is 4.68. The van der Waals surface area contributed by atoms with Crippen molar-refractivity contribution in [2.24, 2.45) is 0 Å². The molecule has 0 unspecified atom stereocenters. The smallest absolute Gasteiger partial charge is 0.254 e. The van der Waals surface area contributed by atoms with Crippen LogP contribution in [-0.4, -0.2) is 41.2 Å². The fourth-order valence-electron chi connectivity index (χ4n) is 3.77. The molecular weight excluding hydrogens is 423 g/mol. The van der Waals surface area contributed by atoms with Crippen LogP contribution in [0.2, 0.25) is 0 Å². The molecule has 1 atom stereocenters. The molecule has 1 aliphatic rings.